The molecule has 0 fully saturated rings. The number of aromatic nitrogens is 1. The summed E-state index contributed by atoms with van der Waals surface area (Å²) in [4.78, 5) is 10.5. The molecule has 0 aliphatic heterocycles. The summed E-state index contributed by atoms with van der Waals surface area (Å²) in [5.74, 6) is 5.65. The van der Waals surface area contributed by atoms with E-state index in [0.29, 0.717) is 5.56 Å². The Hall–Kier alpha value is -2.43. The Bertz CT molecular complexity index is 574. The van der Waals surface area contributed by atoms with Gasteiger partial charge in [0.2, 0.25) is 0 Å². The largest absolute Gasteiger partial charge is 0.337 e. The topological polar surface area (TPSA) is 95.7 Å². The van der Waals surface area contributed by atoms with Crippen LogP contribution in [0.15, 0.2) is 30.3 Å². The van der Waals surface area contributed by atoms with Crippen LogP contribution >= 0.6 is 0 Å². The molecule has 0 aliphatic rings. The maximum Gasteiger partial charge on any atom is 0.150 e. The quantitative estimate of drug-likeness (QED) is 0.375. The zero-order valence-electron chi connectivity index (χ0n) is 8.60. The van der Waals surface area contributed by atoms with Crippen molar-refractivity contribution in [2.24, 2.45) is 0 Å². The van der Waals surface area contributed by atoms with Crippen LogP contribution in [-0.4, -0.2) is 17.7 Å². The number of fused-ring (bicyclic) bond motifs is 1. The van der Waals surface area contributed by atoms with E-state index < -0.39 is 0 Å². The smallest absolute Gasteiger partial charge is 0.150 e. The fourth-order valence-corrected chi connectivity index (χ4v) is 1.38. The van der Waals surface area contributed by atoms with Crippen molar-refractivity contribution in [3.63, 3.8) is 0 Å². The first-order valence-corrected chi connectivity index (χ1v) is 4.48. The molecule has 2 aromatic rings. The summed E-state index contributed by atoms with van der Waals surface area (Å²) in [7, 11) is 0. The number of rotatable bonds is 1. The number of hydrogen-bond donors (Lipinski definition) is 3. The maximum absolute atomic E-state index is 10.5. The van der Waals surface area contributed by atoms with Crippen molar-refractivity contribution in [2.45, 2.75) is 0 Å². The van der Waals surface area contributed by atoms with E-state index >= 15 is 0 Å². The van der Waals surface area contributed by atoms with Gasteiger partial charge in [0.05, 0.1) is 5.52 Å². The number of aldehydes is 1. The van der Waals surface area contributed by atoms with Gasteiger partial charge in [0.1, 0.15) is 11.8 Å². The van der Waals surface area contributed by atoms with E-state index in [4.69, 9.17) is 16.7 Å². The van der Waals surface area contributed by atoms with Crippen molar-refractivity contribution in [3.8, 4) is 0 Å². The molecular formula is C11H12N4O. The number of pyridine rings is 1. The van der Waals surface area contributed by atoms with Crippen molar-refractivity contribution in [1.29, 1.82) is 10.8 Å². The van der Waals surface area contributed by atoms with Gasteiger partial charge in [-0.1, -0.05) is 0 Å². The molecule has 82 valence electrons. The third-order valence-corrected chi connectivity index (χ3v) is 2.13. The Labute approximate surface area is 92.1 Å². The van der Waals surface area contributed by atoms with Crippen LogP contribution in [-0.2, 0) is 0 Å². The average Bonchev–Trinajstić information content (AvgIpc) is 2.36. The molecule has 16 heavy (non-hydrogen) atoms. The van der Waals surface area contributed by atoms with Gasteiger partial charge in [-0.2, -0.15) is 0 Å². The minimum absolute atomic E-state index is 0.233. The Kier molecular flexibility index (Phi) is 3.55. The van der Waals surface area contributed by atoms with Gasteiger partial charge < -0.3 is 11.3 Å². The molecule has 1 heterocycles. The highest BCUT2D eigenvalue weighted by atomic mass is 16.1. The minimum atomic E-state index is 0.233. The number of nitrogens with zero attached hydrogens (tertiary/aromatic N) is 1. The van der Waals surface area contributed by atoms with Crippen LogP contribution in [0.1, 0.15) is 10.4 Å². The lowest BCUT2D eigenvalue weighted by Crippen LogP contribution is -2.26. The van der Waals surface area contributed by atoms with Crippen LogP contribution in [0.2, 0.25) is 0 Å². The molecule has 1 aromatic carbocycles. The van der Waals surface area contributed by atoms with E-state index in [9.17, 15) is 4.79 Å². The normalized spacial score (nSPS) is 9.25. The molecule has 0 bridgehead atoms. The molecule has 0 spiro atoms. The highest BCUT2D eigenvalue weighted by molar-refractivity contribution is 5.86. The molecular weight excluding hydrogens is 204 g/mol. The first-order chi connectivity index (χ1) is 7.72. The molecule has 0 atom stereocenters. The predicted octanol–water partition coefficient (Wildman–Crippen LogP) is 0.913. The highest BCUT2D eigenvalue weighted by Gasteiger charge is 1.98. The zero-order valence-corrected chi connectivity index (χ0v) is 8.60. The first kappa shape index (κ1) is 11.6. The van der Waals surface area contributed by atoms with E-state index in [-0.39, 0.29) is 5.49 Å². The molecule has 0 amide bonds. The van der Waals surface area contributed by atoms with Crippen LogP contribution in [0.5, 0.6) is 0 Å². The molecule has 5 heteroatoms. The number of hydrogen-bond acceptors (Lipinski definition) is 4. The third kappa shape index (κ3) is 1.98. The standard InChI is InChI=1S/C10H9N3O.CH3N/c11-10-4-2-8-5-7(6-14)1-3-9(8)13(10)12;1-2/h1-6,11H,12H2;2H,1H2. The van der Waals surface area contributed by atoms with E-state index in [2.05, 4.69) is 6.72 Å². The Balaban J connectivity index is 0.000000606. The van der Waals surface area contributed by atoms with E-state index in [1.807, 2.05) is 0 Å². The van der Waals surface area contributed by atoms with Gasteiger partial charge in [-0.15, -0.1) is 0 Å². The summed E-state index contributed by atoms with van der Waals surface area (Å²) in [6.07, 6.45) is 0.787. The lowest BCUT2D eigenvalue weighted by molar-refractivity contribution is 0.112. The summed E-state index contributed by atoms with van der Waals surface area (Å²) in [5, 5.41) is 13.8. The first-order valence-electron chi connectivity index (χ1n) is 4.48. The molecule has 4 N–H and O–H groups in total. The van der Waals surface area contributed by atoms with Gasteiger partial charge in [0.15, 0.2) is 0 Å². The second-order valence-corrected chi connectivity index (χ2v) is 3.02. The van der Waals surface area contributed by atoms with Crippen molar-refractivity contribution in [2.75, 3.05) is 5.84 Å². The molecule has 0 aliphatic carbocycles. The Morgan fingerprint density at radius 3 is 2.56 bits per heavy atom. The Morgan fingerprint density at radius 2 is 1.94 bits per heavy atom. The molecule has 0 unspecified atom stereocenters. The molecule has 0 saturated heterocycles. The van der Waals surface area contributed by atoms with Crippen LogP contribution in [0.25, 0.3) is 10.9 Å². The molecule has 1 aromatic heterocycles. The summed E-state index contributed by atoms with van der Waals surface area (Å²) >= 11 is 0. The fraction of sp³-hybridized carbons (Fsp3) is 0. The maximum atomic E-state index is 10.5. The van der Waals surface area contributed by atoms with Crippen molar-refractivity contribution in [3.05, 3.63) is 41.4 Å². The number of nitrogen functional groups attached to an aromatic ring is 1. The second kappa shape index (κ2) is 4.88. The summed E-state index contributed by atoms with van der Waals surface area (Å²) < 4.78 is 1.28. The lowest BCUT2D eigenvalue weighted by Gasteiger charge is -2.04. The van der Waals surface area contributed by atoms with E-state index in [1.54, 1.807) is 30.3 Å². The summed E-state index contributed by atoms with van der Waals surface area (Å²) in [6, 6.07) is 8.52. The van der Waals surface area contributed by atoms with Crippen molar-refractivity contribution >= 4 is 23.9 Å². The number of nitrogens with two attached hydrogens (primary N) is 1. The van der Waals surface area contributed by atoms with Gasteiger partial charge in [-0.25, -0.2) is 4.68 Å². The Morgan fingerprint density at radius 1 is 1.25 bits per heavy atom. The predicted molar refractivity (Wildman–Crippen MR) is 63.2 cm³/mol. The van der Waals surface area contributed by atoms with Crippen LogP contribution < -0.4 is 11.3 Å². The van der Waals surface area contributed by atoms with Crippen molar-refractivity contribution < 1.29 is 4.79 Å². The molecule has 5 nitrogen and oxygen atoms in total. The van der Waals surface area contributed by atoms with E-state index in [0.717, 1.165) is 17.2 Å². The number of carbonyl (C=O) groups excluding carboxylic acids is 1. The molecule has 0 saturated carbocycles. The van der Waals surface area contributed by atoms with Gasteiger partial charge >= 0.3 is 0 Å². The number of benzene rings is 1. The SMILES string of the molecule is C=N.N=c1ccc2cc(C=O)ccc2n1N. The summed E-state index contributed by atoms with van der Waals surface area (Å²) in [5.41, 5.74) is 1.58. The fourth-order valence-electron chi connectivity index (χ4n) is 1.38. The van der Waals surface area contributed by atoms with Gasteiger partial charge in [-0.3, -0.25) is 10.2 Å². The van der Waals surface area contributed by atoms with Crippen LogP contribution in [0.4, 0.5) is 0 Å². The minimum Gasteiger partial charge on any atom is -0.337 e. The van der Waals surface area contributed by atoms with Gasteiger partial charge in [0.25, 0.3) is 0 Å². The molecule has 0 radical (unpaired) electrons. The number of nitrogens with one attached hydrogen (secondary N) is 2. The molecule has 2 rings (SSSR count). The van der Waals surface area contributed by atoms with Crippen LogP contribution in [0.3, 0.4) is 0 Å². The third-order valence-electron chi connectivity index (χ3n) is 2.13. The summed E-state index contributed by atoms with van der Waals surface area (Å²) in [6.45, 7) is 2.50. The number of carbonyl (C=O) groups is 1. The second-order valence-electron chi connectivity index (χ2n) is 3.02. The average molecular weight is 216 g/mol. The monoisotopic (exact) mass is 216 g/mol. The van der Waals surface area contributed by atoms with Gasteiger partial charge in [0, 0.05) is 10.9 Å². The van der Waals surface area contributed by atoms with E-state index in [1.165, 1.54) is 4.68 Å². The highest BCUT2D eigenvalue weighted by Crippen LogP contribution is 2.11. The van der Waals surface area contributed by atoms with Crippen LogP contribution in [0, 0.1) is 10.8 Å². The lowest BCUT2D eigenvalue weighted by atomic mass is 10.1. The van der Waals surface area contributed by atoms with Crippen molar-refractivity contribution in [1.82, 2.24) is 4.68 Å². The van der Waals surface area contributed by atoms with Gasteiger partial charge in [-0.05, 0) is 37.0 Å². The zero-order chi connectivity index (χ0) is 12.1.